The summed E-state index contributed by atoms with van der Waals surface area (Å²) < 4.78 is 11.3. The Morgan fingerprint density at radius 3 is 3.07 bits per heavy atom. The number of hydrogen-bond acceptors (Lipinski definition) is 4. The van der Waals surface area contributed by atoms with Gasteiger partial charge in [0, 0.05) is 18.8 Å². The molecule has 1 aliphatic heterocycles. The summed E-state index contributed by atoms with van der Waals surface area (Å²) >= 11 is 5.57. The van der Waals surface area contributed by atoms with Crippen LogP contribution in [0.4, 0.5) is 5.69 Å². The summed E-state index contributed by atoms with van der Waals surface area (Å²) in [6.45, 7) is 7.99. The lowest BCUT2D eigenvalue weighted by Gasteiger charge is -2.21. The maximum Gasteiger partial charge on any atom is 0.173 e. The molecule has 0 spiro atoms. The molecule has 1 aliphatic rings. The molecule has 28 heavy (non-hydrogen) atoms. The van der Waals surface area contributed by atoms with Crippen molar-refractivity contribution in [1.29, 1.82) is 0 Å². The van der Waals surface area contributed by atoms with E-state index in [1.807, 2.05) is 24.3 Å². The molecule has 0 bridgehead atoms. The maximum absolute atomic E-state index is 5.95. The van der Waals surface area contributed by atoms with Gasteiger partial charge in [-0.3, -0.25) is 0 Å². The first-order chi connectivity index (χ1) is 13.7. The SMILES string of the molecule is C=CCN(C)CCCCOc1ccc2c(c1)CCN2C(=S)NCc1ccco1. The van der Waals surface area contributed by atoms with Gasteiger partial charge in [-0.25, -0.2) is 0 Å². The largest absolute Gasteiger partial charge is 0.494 e. The van der Waals surface area contributed by atoms with Gasteiger partial charge >= 0.3 is 0 Å². The minimum absolute atomic E-state index is 0.598. The number of thiocarbonyl (C=S) groups is 1. The average Bonchev–Trinajstić information content (AvgIpc) is 3.35. The molecule has 0 aliphatic carbocycles. The fourth-order valence-corrected chi connectivity index (χ4v) is 3.60. The first-order valence-electron chi connectivity index (χ1n) is 9.80. The minimum Gasteiger partial charge on any atom is -0.494 e. The molecule has 0 radical (unpaired) electrons. The highest BCUT2D eigenvalue weighted by Gasteiger charge is 2.22. The maximum atomic E-state index is 5.95. The summed E-state index contributed by atoms with van der Waals surface area (Å²) in [7, 11) is 2.11. The van der Waals surface area contributed by atoms with Crippen molar-refractivity contribution in [3.8, 4) is 5.75 Å². The standard InChI is InChI=1S/C22H29N3O2S/c1-3-11-24(2)12-4-5-14-26-19-8-9-21-18(16-19)10-13-25(21)22(28)23-17-20-7-6-15-27-20/h3,6-9,15-16H,1,4-5,10-14,17H2,2H3,(H,23,28). The molecule has 6 heteroatoms. The van der Waals surface area contributed by atoms with E-state index in [0.29, 0.717) is 6.54 Å². The van der Waals surface area contributed by atoms with E-state index in [-0.39, 0.29) is 0 Å². The molecule has 0 amide bonds. The minimum atomic E-state index is 0.598. The summed E-state index contributed by atoms with van der Waals surface area (Å²) in [6.07, 6.45) is 6.75. The third-order valence-corrected chi connectivity index (χ3v) is 5.19. The molecule has 1 N–H and O–H groups in total. The Morgan fingerprint density at radius 2 is 2.29 bits per heavy atom. The van der Waals surface area contributed by atoms with Crippen LogP contribution in [0.5, 0.6) is 5.75 Å². The van der Waals surface area contributed by atoms with Crippen LogP contribution in [0.2, 0.25) is 0 Å². The smallest absolute Gasteiger partial charge is 0.173 e. The summed E-state index contributed by atoms with van der Waals surface area (Å²) in [6, 6.07) is 10.1. The molecular formula is C22H29N3O2S. The normalized spacial score (nSPS) is 12.9. The van der Waals surface area contributed by atoms with Crippen molar-refractivity contribution in [2.75, 3.05) is 38.2 Å². The predicted octanol–water partition coefficient (Wildman–Crippen LogP) is 3.99. The molecule has 0 saturated heterocycles. The van der Waals surface area contributed by atoms with Crippen molar-refractivity contribution >= 4 is 23.0 Å². The Labute approximate surface area is 173 Å². The fraction of sp³-hybridized carbons (Fsp3) is 0.409. The molecular weight excluding hydrogens is 370 g/mol. The first kappa shape index (κ1) is 20.4. The third kappa shape index (κ3) is 5.59. The van der Waals surface area contributed by atoms with Crippen molar-refractivity contribution in [2.45, 2.75) is 25.8 Å². The number of furan rings is 1. The lowest BCUT2D eigenvalue weighted by atomic mass is 10.1. The molecule has 1 aromatic heterocycles. The molecule has 2 aromatic rings. The van der Waals surface area contributed by atoms with Gasteiger partial charge in [0.1, 0.15) is 11.5 Å². The zero-order chi connectivity index (χ0) is 19.8. The number of unbranched alkanes of at least 4 members (excludes halogenated alkanes) is 1. The second kappa shape index (κ2) is 10.3. The van der Waals surface area contributed by atoms with Crippen LogP contribution in [-0.4, -0.2) is 43.3 Å². The van der Waals surface area contributed by atoms with Crippen molar-refractivity contribution in [3.05, 3.63) is 60.6 Å². The van der Waals surface area contributed by atoms with E-state index in [9.17, 15) is 0 Å². The molecule has 1 aromatic carbocycles. The zero-order valence-corrected chi connectivity index (χ0v) is 17.3. The number of anilines is 1. The zero-order valence-electron chi connectivity index (χ0n) is 16.5. The van der Waals surface area contributed by atoms with Gasteiger partial charge in [-0.05, 0) is 81.0 Å². The van der Waals surface area contributed by atoms with E-state index in [1.54, 1.807) is 6.26 Å². The van der Waals surface area contributed by atoms with Crippen molar-refractivity contribution in [1.82, 2.24) is 10.2 Å². The highest BCUT2D eigenvalue weighted by molar-refractivity contribution is 7.80. The van der Waals surface area contributed by atoms with Crippen molar-refractivity contribution in [3.63, 3.8) is 0 Å². The Bertz CT molecular complexity index is 776. The van der Waals surface area contributed by atoms with Crippen LogP contribution >= 0.6 is 12.2 Å². The van der Waals surface area contributed by atoms with Gasteiger partial charge in [0.2, 0.25) is 0 Å². The molecule has 2 heterocycles. The molecule has 0 saturated carbocycles. The van der Waals surface area contributed by atoms with E-state index >= 15 is 0 Å². The summed E-state index contributed by atoms with van der Waals surface area (Å²) in [5.74, 6) is 1.82. The molecule has 150 valence electrons. The first-order valence-corrected chi connectivity index (χ1v) is 10.2. The van der Waals surface area contributed by atoms with Crippen LogP contribution in [0.3, 0.4) is 0 Å². The Kier molecular flexibility index (Phi) is 7.51. The van der Waals surface area contributed by atoms with E-state index in [4.69, 9.17) is 21.4 Å². The van der Waals surface area contributed by atoms with Crippen LogP contribution in [0.25, 0.3) is 0 Å². The van der Waals surface area contributed by atoms with Gasteiger partial charge < -0.3 is 24.3 Å². The number of ether oxygens (including phenoxy) is 1. The number of nitrogens with zero attached hydrogens (tertiary/aromatic N) is 2. The molecule has 3 rings (SSSR count). The van der Waals surface area contributed by atoms with Crippen molar-refractivity contribution < 1.29 is 9.15 Å². The highest BCUT2D eigenvalue weighted by atomic mass is 32.1. The quantitative estimate of drug-likeness (QED) is 0.370. The number of nitrogens with one attached hydrogen (secondary N) is 1. The van der Waals surface area contributed by atoms with Crippen LogP contribution in [0.15, 0.2) is 53.7 Å². The second-order valence-electron chi connectivity index (χ2n) is 7.04. The lowest BCUT2D eigenvalue weighted by Crippen LogP contribution is -2.38. The number of benzene rings is 1. The lowest BCUT2D eigenvalue weighted by molar-refractivity contribution is 0.287. The fourth-order valence-electron chi connectivity index (χ4n) is 3.34. The summed E-state index contributed by atoms with van der Waals surface area (Å²) in [4.78, 5) is 4.41. The van der Waals surface area contributed by atoms with Gasteiger partial charge in [-0.15, -0.1) is 6.58 Å². The number of likely N-dealkylation sites (N-methyl/N-ethyl adjacent to an activating group) is 1. The monoisotopic (exact) mass is 399 g/mol. The van der Waals surface area contributed by atoms with Crippen LogP contribution in [0.1, 0.15) is 24.2 Å². The van der Waals surface area contributed by atoms with Gasteiger partial charge in [0.15, 0.2) is 5.11 Å². The number of fused-ring (bicyclic) bond motifs is 1. The van der Waals surface area contributed by atoms with Crippen LogP contribution in [0, 0.1) is 0 Å². The second-order valence-corrected chi connectivity index (χ2v) is 7.42. The molecule has 0 fully saturated rings. The molecule has 0 unspecified atom stereocenters. The van der Waals surface area contributed by atoms with Gasteiger partial charge in [0.25, 0.3) is 0 Å². The van der Waals surface area contributed by atoms with E-state index in [1.165, 1.54) is 5.56 Å². The molecule has 0 atom stereocenters. The topological polar surface area (TPSA) is 40.9 Å². The van der Waals surface area contributed by atoms with Gasteiger partial charge in [0.05, 0.1) is 19.4 Å². The van der Waals surface area contributed by atoms with E-state index in [0.717, 1.165) is 67.8 Å². The van der Waals surface area contributed by atoms with E-state index < -0.39 is 0 Å². The Morgan fingerprint density at radius 1 is 1.39 bits per heavy atom. The van der Waals surface area contributed by atoms with Crippen molar-refractivity contribution in [2.24, 2.45) is 0 Å². The summed E-state index contributed by atoms with van der Waals surface area (Å²) in [5, 5.41) is 4.00. The van der Waals surface area contributed by atoms with E-state index in [2.05, 4.69) is 40.9 Å². The highest BCUT2D eigenvalue weighted by Crippen LogP contribution is 2.31. The van der Waals surface area contributed by atoms with Gasteiger partial charge in [-0.1, -0.05) is 6.08 Å². The Balaban J connectivity index is 1.45. The number of hydrogen-bond donors (Lipinski definition) is 1. The summed E-state index contributed by atoms with van der Waals surface area (Å²) in [5.41, 5.74) is 2.45. The number of rotatable bonds is 10. The Hall–Kier alpha value is -2.31. The van der Waals surface area contributed by atoms with Crippen LogP contribution in [-0.2, 0) is 13.0 Å². The van der Waals surface area contributed by atoms with Crippen LogP contribution < -0.4 is 15.0 Å². The third-order valence-electron chi connectivity index (χ3n) is 4.83. The average molecular weight is 400 g/mol. The van der Waals surface area contributed by atoms with Gasteiger partial charge in [-0.2, -0.15) is 0 Å². The molecule has 5 nitrogen and oxygen atoms in total. The predicted molar refractivity (Wildman–Crippen MR) is 118 cm³/mol.